The summed E-state index contributed by atoms with van der Waals surface area (Å²) in [5, 5.41) is 19.7. The molecule has 3 rings (SSSR count). The molecular formula is C19H32N4O3. The van der Waals surface area contributed by atoms with Gasteiger partial charge >= 0.3 is 6.09 Å². The minimum absolute atomic E-state index is 0.0934. The highest BCUT2D eigenvalue weighted by Crippen LogP contribution is 2.49. The Balaban J connectivity index is 1.49. The second kappa shape index (κ2) is 7.56. The molecule has 1 spiro atoms. The molecule has 1 aromatic rings. The Morgan fingerprint density at radius 1 is 1.46 bits per heavy atom. The van der Waals surface area contributed by atoms with Gasteiger partial charge < -0.3 is 20.1 Å². The van der Waals surface area contributed by atoms with E-state index in [-0.39, 0.29) is 5.60 Å². The third-order valence-electron chi connectivity index (χ3n) is 5.87. The van der Waals surface area contributed by atoms with Gasteiger partial charge in [-0.1, -0.05) is 13.8 Å². The number of ether oxygens (including phenoxy) is 1. The van der Waals surface area contributed by atoms with Crippen molar-refractivity contribution in [1.29, 1.82) is 0 Å². The van der Waals surface area contributed by atoms with Crippen molar-refractivity contribution in [1.82, 2.24) is 20.4 Å². The Morgan fingerprint density at radius 2 is 2.19 bits per heavy atom. The topological polar surface area (TPSA) is 90.5 Å². The van der Waals surface area contributed by atoms with Crippen molar-refractivity contribution in [3.05, 3.63) is 17.5 Å². The fourth-order valence-corrected chi connectivity index (χ4v) is 4.45. The van der Waals surface area contributed by atoms with Crippen LogP contribution in [0.1, 0.15) is 63.1 Å². The van der Waals surface area contributed by atoms with E-state index in [4.69, 9.17) is 9.84 Å². The molecule has 0 bridgehead atoms. The number of aromatic amines is 1. The zero-order valence-corrected chi connectivity index (χ0v) is 16.2. The van der Waals surface area contributed by atoms with Crippen LogP contribution in [0.15, 0.2) is 6.20 Å². The standard InChI is InChI=1S/C19H32N4O3/c1-18(2)12-19(26-13-18)6-4-14(5-7-19)16-15(11-21-22-16)10-20-8-9-23(3)17(24)25/h11,14,20H,4-10,12-13H2,1-3H3,(H,21,22)(H,24,25)/t14-,19-. The Hall–Kier alpha value is -1.60. The van der Waals surface area contributed by atoms with Crippen molar-refractivity contribution in [2.45, 2.75) is 64.0 Å². The highest BCUT2D eigenvalue weighted by molar-refractivity contribution is 5.64. The number of likely N-dealkylation sites (N-methyl/N-ethyl adjacent to an activating group) is 1. The third kappa shape index (κ3) is 4.38. The number of rotatable bonds is 6. The van der Waals surface area contributed by atoms with Crippen LogP contribution in [0.25, 0.3) is 0 Å². The largest absolute Gasteiger partial charge is 0.465 e. The van der Waals surface area contributed by atoms with E-state index in [1.54, 1.807) is 7.05 Å². The van der Waals surface area contributed by atoms with Gasteiger partial charge in [0.1, 0.15) is 0 Å². The smallest absolute Gasteiger partial charge is 0.407 e. The fraction of sp³-hybridized carbons (Fsp3) is 0.789. The van der Waals surface area contributed by atoms with Crippen LogP contribution >= 0.6 is 0 Å². The molecule has 1 saturated carbocycles. The van der Waals surface area contributed by atoms with Crippen molar-refractivity contribution in [2.24, 2.45) is 5.41 Å². The molecule has 1 amide bonds. The maximum atomic E-state index is 10.8. The molecule has 3 N–H and O–H groups in total. The summed E-state index contributed by atoms with van der Waals surface area (Å²) in [6, 6.07) is 0. The van der Waals surface area contributed by atoms with Crippen LogP contribution in [0.4, 0.5) is 4.79 Å². The number of carboxylic acid groups (broad SMARTS) is 1. The number of hydrogen-bond donors (Lipinski definition) is 3. The molecule has 2 fully saturated rings. The first-order valence-corrected chi connectivity index (χ1v) is 9.62. The van der Waals surface area contributed by atoms with Crippen LogP contribution in [0.3, 0.4) is 0 Å². The van der Waals surface area contributed by atoms with E-state index in [9.17, 15) is 4.79 Å². The van der Waals surface area contributed by atoms with Crippen molar-refractivity contribution in [3.63, 3.8) is 0 Å². The van der Waals surface area contributed by atoms with Gasteiger partial charge in [0.15, 0.2) is 0 Å². The lowest BCUT2D eigenvalue weighted by atomic mass is 9.72. The quantitative estimate of drug-likeness (QED) is 0.675. The fourth-order valence-electron chi connectivity index (χ4n) is 4.45. The average molecular weight is 364 g/mol. The van der Waals surface area contributed by atoms with Gasteiger partial charge in [-0.3, -0.25) is 5.10 Å². The first kappa shape index (κ1) is 19.2. The van der Waals surface area contributed by atoms with Gasteiger partial charge in [0.2, 0.25) is 0 Å². The number of amides is 1. The molecular weight excluding hydrogens is 332 g/mol. The second-order valence-electron chi connectivity index (χ2n) is 8.76. The van der Waals surface area contributed by atoms with Crippen LogP contribution in [0.5, 0.6) is 0 Å². The van der Waals surface area contributed by atoms with E-state index in [1.807, 2.05) is 6.20 Å². The number of aromatic nitrogens is 2. The van der Waals surface area contributed by atoms with Gasteiger partial charge in [-0.05, 0) is 37.5 Å². The van der Waals surface area contributed by atoms with Gasteiger partial charge in [0, 0.05) is 44.4 Å². The lowest BCUT2D eigenvalue weighted by molar-refractivity contribution is -0.0296. The number of H-pyrrole nitrogens is 1. The van der Waals surface area contributed by atoms with Crippen LogP contribution in [0.2, 0.25) is 0 Å². The lowest BCUT2D eigenvalue weighted by Crippen LogP contribution is -2.34. The number of hydrogen-bond acceptors (Lipinski definition) is 4. The molecule has 0 aromatic carbocycles. The van der Waals surface area contributed by atoms with E-state index < -0.39 is 6.09 Å². The predicted molar refractivity (Wildman–Crippen MR) is 99.2 cm³/mol. The minimum Gasteiger partial charge on any atom is -0.465 e. The zero-order chi connectivity index (χ0) is 18.8. The normalized spacial score (nSPS) is 27.7. The molecule has 26 heavy (non-hydrogen) atoms. The third-order valence-corrected chi connectivity index (χ3v) is 5.87. The Morgan fingerprint density at radius 3 is 2.81 bits per heavy atom. The summed E-state index contributed by atoms with van der Waals surface area (Å²) in [4.78, 5) is 12.1. The highest BCUT2D eigenvalue weighted by Gasteiger charge is 2.46. The van der Waals surface area contributed by atoms with Gasteiger partial charge in [-0.2, -0.15) is 5.10 Å². The average Bonchev–Trinajstić information content (AvgIpc) is 3.16. The molecule has 7 heteroatoms. The monoisotopic (exact) mass is 364 g/mol. The van der Waals surface area contributed by atoms with Gasteiger partial charge in [0.25, 0.3) is 0 Å². The molecule has 2 heterocycles. The molecule has 0 unspecified atom stereocenters. The van der Waals surface area contributed by atoms with E-state index in [1.165, 1.54) is 16.9 Å². The zero-order valence-electron chi connectivity index (χ0n) is 16.2. The van der Waals surface area contributed by atoms with Crippen molar-refractivity contribution < 1.29 is 14.6 Å². The van der Waals surface area contributed by atoms with E-state index in [0.717, 1.165) is 38.0 Å². The van der Waals surface area contributed by atoms with Gasteiger partial charge in [0.05, 0.1) is 17.9 Å². The minimum atomic E-state index is -0.899. The summed E-state index contributed by atoms with van der Waals surface area (Å²) in [5.74, 6) is 0.484. The molecule has 7 nitrogen and oxygen atoms in total. The van der Waals surface area contributed by atoms with Gasteiger partial charge in [-0.15, -0.1) is 0 Å². The van der Waals surface area contributed by atoms with E-state index in [2.05, 4.69) is 29.4 Å². The van der Waals surface area contributed by atoms with Crippen molar-refractivity contribution in [3.8, 4) is 0 Å². The first-order chi connectivity index (χ1) is 12.3. The van der Waals surface area contributed by atoms with Crippen molar-refractivity contribution >= 4 is 6.09 Å². The lowest BCUT2D eigenvalue weighted by Gasteiger charge is -2.36. The molecule has 1 aliphatic carbocycles. The molecule has 1 saturated heterocycles. The number of nitrogens with zero attached hydrogens (tertiary/aromatic N) is 2. The molecule has 1 aliphatic heterocycles. The predicted octanol–water partition coefficient (Wildman–Crippen LogP) is 2.95. The Labute approximate surface area is 155 Å². The first-order valence-electron chi connectivity index (χ1n) is 9.62. The Bertz CT molecular complexity index is 620. The maximum absolute atomic E-state index is 10.8. The Kier molecular flexibility index (Phi) is 5.58. The second-order valence-corrected chi connectivity index (χ2v) is 8.76. The molecule has 0 radical (unpaired) electrons. The van der Waals surface area contributed by atoms with Crippen molar-refractivity contribution in [2.75, 3.05) is 26.7 Å². The molecule has 146 valence electrons. The maximum Gasteiger partial charge on any atom is 0.407 e. The van der Waals surface area contributed by atoms with Gasteiger partial charge in [-0.25, -0.2) is 4.79 Å². The highest BCUT2D eigenvalue weighted by atomic mass is 16.5. The summed E-state index contributed by atoms with van der Waals surface area (Å²) in [7, 11) is 1.58. The number of carbonyl (C=O) groups is 1. The summed E-state index contributed by atoms with van der Waals surface area (Å²) in [5.41, 5.74) is 2.75. The summed E-state index contributed by atoms with van der Waals surface area (Å²) in [6.45, 7) is 7.29. The van der Waals surface area contributed by atoms with Crippen LogP contribution in [-0.2, 0) is 11.3 Å². The number of nitrogens with one attached hydrogen (secondary N) is 2. The molecule has 2 aliphatic rings. The summed E-state index contributed by atoms with van der Waals surface area (Å²) in [6.07, 6.45) is 6.70. The summed E-state index contributed by atoms with van der Waals surface area (Å²) < 4.78 is 6.22. The van der Waals surface area contributed by atoms with E-state index in [0.29, 0.717) is 31.0 Å². The molecule has 0 atom stereocenters. The van der Waals surface area contributed by atoms with Crippen LogP contribution in [-0.4, -0.2) is 58.6 Å². The summed E-state index contributed by atoms with van der Waals surface area (Å²) >= 11 is 0. The molecule has 1 aromatic heterocycles. The van der Waals surface area contributed by atoms with Crippen LogP contribution < -0.4 is 5.32 Å². The van der Waals surface area contributed by atoms with Crippen LogP contribution in [0, 0.1) is 5.41 Å². The van der Waals surface area contributed by atoms with E-state index >= 15 is 0 Å². The SMILES string of the molecule is CN(CCNCc1c[nH]nc1[C@H]1CC[C@]2(CC1)CC(C)(C)CO2)C(=O)O.